The van der Waals surface area contributed by atoms with Crippen LogP contribution < -0.4 is 0 Å². The molecule has 2 N–H and O–H groups in total. The topological polar surface area (TPSA) is 73.7 Å². The molecule has 0 atom stereocenters. The first-order valence-corrected chi connectivity index (χ1v) is 7.19. The SMILES string of the molecule is Cc1cccc(-c2cncc(C(=O)N(CCO)CCO)c2)c1. The first-order valence-electron chi connectivity index (χ1n) is 7.19. The summed E-state index contributed by atoms with van der Waals surface area (Å²) in [5.41, 5.74) is 3.44. The van der Waals surface area contributed by atoms with Crippen molar-refractivity contribution in [3.8, 4) is 11.1 Å². The zero-order valence-corrected chi connectivity index (χ0v) is 12.6. The van der Waals surface area contributed by atoms with Crippen molar-refractivity contribution >= 4 is 5.91 Å². The third-order valence-corrected chi connectivity index (χ3v) is 3.36. The lowest BCUT2D eigenvalue weighted by Crippen LogP contribution is -2.35. The summed E-state index contributed by atoms with van der Waals surface area (Å²) in [4.78, 5) is 18.0. The fourth-order valence-corrected chi connectivity index (χ4v) is 2.28. The summed E-state index contributed by atoms with van der Waals surface area (Å²) in [6.45, 7) is 2.10. The molecule has 0 aliphatic heterocycles. The quantitative estimate of drug-likeness (QED) is 0.847. The fraction of sp³-hybridized carbons (Fsp3) is 0.294. The predicted octanol–water partition coefficient (Wildman–Crippen LogP) is 1.48. The first kappa shape index (κ1) is 16.1. The van der Waals surface area contributed by atoms with Gasteiger partial charge in [0.25, 0.3) is 5.91 Å². The molecular weight excluding hydrogens is 280 g/mol. The molecule has 0 saturated carbocycles. The van der Waals surface area contributed by atoms with Crippen LogP contribution in [0.3, 0.4) is 0 Å². The van der Waals surface area contributed by atoms with Crippen LogP contribution in [0.25, 0.3) is 11.1 Å². The fourth-order valence-electron chi connectivity index (χ4n) is 2.28. The van der Waals surface area contributed by atoms with Crippen LogP contribution in [0.5, 0.6) is 0 Å². The Balaban J connectivity index is 2.29. The van der Waals surface area contributed by atoms with Crippen LogP contribution in [0.1, 0.15) is 15.9 Å². The molecule has 0 aliphatic carbocycles. The average Bonchev–Trinajstić information content (AvgIpc) is 2.54. The number of pyridine rings is 1. The van der Waals surface area contributed by atoms with Crippen LogP contribution in [0.2, 0.25) is 0 Å². The van der Waals surface area contributed by atoms with Crippen molar-refractivity contribution in [1.82, 2.24) is 9.88 Å². The average molecular weight is 300 g/mol. The van der Waals surface area contributed by atoms with E-state index >= 15 is 0 Å². The van der Waals surface area contributed by atoms with E-state index in [0.717, 1.165) is 16.7 Å². The van der Waals surface area contributed by atoms with E-state index in [1.165, 1.54) is 11.1 Å². The number of benzene rings is 1. The van der Waals surface area contributed by atoms with Gasteiger partial charge in [0.05, 0.1) is 18.8 Å². The van der Waals surface area contributed by atoms with Gasteiger partial charge in [-0.2, -0.15) is 0 Å². The van der Waals surface area contributed by atoms with Gasteiger partial charge >= 0.3 is 0 Å². The Morgan fingerprint density at radius 2 is 1.82 bits per heavy atom. The highest BCUT2D eigenvalue weighted by atomic mass is 16.3. The van der Waals surface area contributed by atoms with E-state index in [-0.39, 0.29) is 32.2 Å². The number of nitrogens with zero attached hydrogens (tertiary/aromatic N) is 2. The van der Waals surface area contributed by atoms with Gasteiger partial charge < -0.3 is 15.1 Å². The largest absolute Gasteiger partial charge is 0.395 e. The van der Waals surface area contributed by atoms with E-state index in [4.69, 9.17) is 10.2 Å². The Kier molecular flexibility index (Phi) is 5.63. The summed E-state index contributed by atoms with van der Waals surface area (Å²) in [7, 11) is 0. The van der Waals surface area contributed by atoms with Crippen molar-refractivity contribution in [2.45, 2.75) is 6.92 Å². The third kappa shape index (κ3) is 3.90. The minimum absolute atomic E-state index is 0.142. The van der Waals surface area contributed by atoms with E-state index < -0.39 is 0 Å². The van der Waals surface area contributed by atoms with Gasteiger partial charge in [-0.15, -0.1) is 0 Å². The van der Waals surface area contributed by atoms with Gasteiger partial charge in [0.1, 0.15) is 0 Å². The zero-order valence-electron chi connectivity index (χ0n) is 12.6. The Morgan fingerprint density at radius 3 is 2.45 bits per heavy atom. The molecular formula is C17H20N2O3. The number of aryl methyl sites for hydroxylation is 1. The van der Waals surface area contributed by atoms with Crippen LogP contribution in [0.15, 0.2) is 42.7 Å². The van der Waals surface area contributed by atoms with Crippen LogP contribution in [0, 0.1) is 6.92 Å². The number of aliphatic hydroxyl groups excluding tert-OH is 2. The lowest BCUT2D eigenvalue weighted by Gasteiger charge is -2.20. The molecule has 1 aromatic carbocycles. The molecule has 0 saturated heterocycles. The molecule has 0 spiro atoms. The van der Waals surface area contributed by atoms with Gasteiger partial charge in [0, 0.05) is 31.0 Å². The van der Waals surface area contributed by atoms with Crippen molar-refractivity contribution in [2.75, 3.05) is 26.3 Å². The lowest BCUT2D eigenvalue weighted by molar-refractivity contribution is 0.0684. The number of aromatic nitrogens is 1. The molecule has 0 bridgehead atoms. The molecule has 0 aliphatic rings. The van der Waals surface area contributed by atoms with Gasteiger partial charge in [0.2, 0.25) is 0 Å². The number of carbonyl (C=O) groups is 1. The number of amides is 1. The number of aliphatic hydroxyl groups is 2. The molecule has 2 rings (SSSR count). The van der Waals surface area contributed by atoms with Crippen LogP contribution in [-0.4, -0.2) is 52.3 Å². The second-order valence-electron chi connectivity index (χ2n) is 5.07. The van der Waals surface area contributed by atoms with Gasteiger partial charge in [-0.05, 0) is 18.6 Å². The second kappa shape index (κ2) is 7.68. The van der Waals surface area contributed by atoms with Crippen molar-refractivity contribution in [3.63, 3.8) is 0 Å². The van der Waals surface area contributed by atoms with Crippen molar-refractivity contribution < 1.29 is 15.0 Å². The maximum Gasteiger partial charge on any atom is 0.255 e. The smallest absolute Gasteiger partial charge is 0.255 e. The highest BCUT2D eigenvalue weighted by molar-refractivity contribution is 5.95. The van der Waals surface area contributed by atoms with E-state index in [9.17, 15) is 4.79 Å². The van der Waals surface area contributed by atoms with Crippen LogP contribution in [0.4, 0.5) is 0 Å². The van der Waals surface area contributed by atoms with Crippen molar-refractivity contribution in [3.05, 3.63) is 53.9 Å². The summed E-state index contributed by atoms with van der Waals surface area (Å²) in [6.07, 6.45) is 3.22. The molecule has 2 aromatic rings. The molecule has 1 aromatic heterocycles. The Labute approximate surface area is 129 Å². The molecule has 0 unspecified atom stereocenters. The Hall–Kier alpha value is -2.24. The molecule has 0 fully saturated rings. The highest BCUT2D eigenvalue weighted by Crippen LogP contribution is 2.21. The summed E-state index contributed by atoms with van der Waals surface area (Å²) in [5.74, 6) is -0.245. The molecule has 0 radical (unpaired) electrons. The number of carbonyl (C=O) groups excluding carboxylic acids is 1. The highest BCUT2D eigenvalue weighted by Gasteiger charge is 2.15. The second-order valence-corrected chi connectivity index (χ2v) is 5.07. The van der Waals surface area contributed by atoms with Gasteiger partial charge in [0.15, 0.2) is 0 Å². The Morgan fingerprint density at radius 1 is 1.09 bits per heavy atom. The third-order valence-electron chi connectivity index (χ3n) is 3.36. The number of hydrogen-bond acceptors (Lipinski definition) is 4. The van der Waals surface area contributed by atoms with Gasteiger partial charge in [-0.3, -0.25) is 9.78 Å². The maximum atomic E-state index is 12.4. The molecule has 1 amide bonds. The van der Waals surface area contributed by atoms with E-state index in [0.29, 0.717) is 5.56 Å². The monoisotopic (exact) mass is 300 g/mol. The normalized spacial score (nSPS) is 10.5. The summed E-state index contributed by atoms with van der Waals surface area (Å²) >= 11 is 0. The summed E-state index contributed by atoms with van der Waals surface area (Å²) in [6, 6.07) is 9.76. The predicted molar refractivity (Wildman–Crippen MR) is 84.5 cm³/mol. The van der Waals surface area contributed by atoms with Crippen molar-refractivity contribution in [1.29, 1.82) is 0 Å². The van der Waals surface area contributed by atoms with Gasteiger partial charge in [-0.25, -0.2) is 0 Å². The van der Waals surface area contributed by atoms with Crippen molar-refractivity contribution in [2.24, 2.45) is 0 Å². The maximum absolute atomic E-state index is 12.4. The van der Waals surface area contributed by atoms with Crippen LogP contribution in [-0.2, 0) is 0 Å². The molecule has 5 nitrogen and oxygen atoms in total. The lowest BCUT2D eigenvalue weighted by atomic mass is 10.0. The Bertz CT molecular complexity index is 637. The van der Waals surface area contributed by atoms with Gasteiger partial charge in [-0.1, -0.05) is 29.8 Å². The van der Waals surface area contributed by atoms with Crippen LogP contribution >= 0.6 is 0 Å². The molecule has 116 valence electrons. The minimum Gasteiger partial charge on any atom is -0.395 e. The molecule has 1 heterocycles. The van der Waals surface area contributed by atoms with E-state index in [1.54, 1.807) is 12.3 Å². The van der Waals surface area contributed by atoms with E-state index in [1.807, 2.05) is 31.2 Å². The number of rotatable bonds is 6. The summed E-state index contributed by atoms with van der Waals surface area (Å²) in [5, 5.41) is 18.1. The molecule has 22 heavy (non-hydrogen) atoms. The number of hydrogen-bond donors (Lipinski definition) is 2. The van der Waals surface area contributed by atoms with E-state index in [2.05, 4.69) is 4.98 Å². The summed E-state index contributed by atoms with van der Waals surface area (Å²) < 4.78 is 0. The zero-order chi connectivity index (χ0) is 15.9. The first-order chi connectivity index (χ1) is 10.7. The standard InChI is InChI=1S/C17H20N2O3/c1-13-3-2-4-14(9-13)15-10-16(12-18-11-15)17(22)19(5-7-20)6-8-21/h2-4,9-12,20-21H,5-8H2,1H3. The molecule has 5 heteroatoms. The minimum atomic E-state index is -0.245.